The average Bonchev–Trinajstić information content (AvgIpc) is 2.98. The van der Waals surface area contributed by atoms with Gasteiger partial charge in [-0.1, -0.05) is 13.3 Å². The zero-order valence-corrected chi connectivity index (χ0v) is 25.4. The first-order chi connectivity index (χ1) is 20.7. The van der Waals surface area contributed by atoms with Gasteiger partial charge in [-0.15, -0.1) is 0 Å². The largest absolute Gasteiger partial charge is 0.494 e. The van der Waals surface area contributed by atoms with Crippen LogP contribution in [0.15, 0.2) is 82.6 Å². The Morgan fingerprint density at radius 3 is 1.79 bits per heavy atom. The maximum atomic E-state index is 12.9. The second-order valence-electron chi connectivity index (χ2n) is 10.6. The molecule has 0 N–H and O–H groups in total. The highest BCUT2D eigenvalue weighted by Crippen LogP contribution is 2.31. The Morgan fingerprint density at radius 2 is 1.28 bits per heavy atom. The van der Waals surface area contributed by atoms with Crippen LogP contribution in [0.25, 0.3) is 0 Å². The smallest absolute Gasteiger partial charge is 0.343 e. The number of carbonyl (C=O) groups excluding carboxylic acids is 2. The van der Waals surface area contributed by atoms with Crippen molar-refractivity contribution in [3.63, 3.8) is 0 Å². The van der Waals surface area contributed by atoms with Crippen LogP contribution in [0.4, 0.5) is 0 Å². The van der Waals surface area contributed by atoms with Crippen molar-refractivity contribution in [3.05, 3.63) is 78.4 Å². The van der Waals surface area contributed by atoms with Crippen LogP contribution >= 0.6 is 0 Å². The number of hydrogen-bond acceptors (Lipinski definition) is 9. The lowest BCUT2D eigenvalue weighted by Gasteiger charge is -2.40. The number of benzene rings is 3. The Labute approximate surface area is 253 Å². The molecule has 0 saturated carbocycles. The Balaban J connectivity index is 1.16. The molecular formula is C33H38O9S. The van der Waals surface area contributed by atoms with E-state index in [1.54, 1.807) is 24.3 Å². The standard InChI is InChI=1S/C33H38O9S/c1-3-33(23-39-24-33)22-38-20-6-4-5-7-21-40-27-10-8-26(9-11-27)32(35)42-29-14-18-31(19-15-29)43(36,37)30-16-12-28(13-17-30)41-25(2)34/h8-19H,3-7,20-24H2,1-2H3. The van der Waals surface area contributed by atoms with E-state index in [1.165, 1.54) is 55.5 Å². The molecule has 0 bridgehead atoms. The van der Waals surface area contributed by atoms with Crippen LogP contribution < -0.4 is 14.2 Å². The van der Waals surface area contributed by atoms with Crippen molar-refractivity contribution in [1.29, 1.82) is 0 Å². The van der Waals surface area contributed by atoms with E-state index >= 15 is 0 Å². The van der Waals surface area contributed by atoms with Crippen LogP contribution in [0.5, 0.6) is 17.2 Å². The van der Waals surface area contributed by atoms with E-state index in [2.05, 4.69) is 6.92 Å². The summed E-state index contributed by atoms with van der Waals surface area (Å²) < 4.78 is 53.2. The van der Waals surface area contributed by atoms with Gasteiger partial charge in [-0.2, -0.15) is 0 Å². The molecule has 4 rings (SSSR count). The number of esters is 2. The molecule has 10 heteroatoms. The summed E-state index contributed by atoms with van der Waals surface area (Å²) >= 11 is 0. The molecule has 1 aliphatic rings. The first kappa shape index (κ1) is 32.2. The number of rotatable bonds is 16. The zero-order valence-electron chi connectivity index (χ0n) is 24.6. The van der Waals surface area contributed by atoms with Gasteiger partial charge < -0.3 is 23.7 Å². The van der Waals surface area contributed by atoms with Crippen LogP contribution in [-0.2, 0) is 24.1 Å². The third kappa shape index (κ3) is 9.13. The maximum Gasteiger partial charge on any atom is 0.343 e. The van der Waals surface area contributed by atoms with Crippen molar-refractivity contribution in [2.75, 3.05) is 33.0 Å². The quantitative estimate of drug-likeness (QED) is 0.109. The zero-order chi connectivity index (χ0) is 30.7. The highest BCUT2D eigenvalue weighted by molar-refractivity contribution is 7.91. The Bertz CT molecular complexity index is 1440. The molecule has 0 radical (unpaired) electrons. The van der Waals surface area contributed by atoms with Gasteiger partial charge in [0.25, 0.3) is 0 Å². The topological polar surface area (TPSA) is 114 Å². The minimum absolute atomic E-state index is 0.0340. The molecule has 1 fully saturated rings. The minimum Gasteiger partial charge on any atom is -0.494 e. The molecule has 0 spiro atoms. The van der Waals surface area contributed by atoms with E-state index in [1.807, 2.05) is 0 Å². The van der Waals surface area contributed by atoms with Crippen LogP contribution in [0.2, 0.25) is 0 Å². The van der Waals surface area contributed by atoms with Gasteiger partial charge in [-0.05, 0) is 98.5 Å². The Morgan fingerprint density at radius 1 is 0.744 bits per heavy atom. The van der Waals surface area contributed by atoms with Crippen molar-refractivity contribution in [1.82, 2.24) is 0 Å². The third-order valence-corrected chi connectivity index (χ3v) is 9.04. The van der Waals surface area contributed by atoms with Crippen molar-refractivity contribution in [2.45, 2.75) is 55.7 Å². The van der Waals surface area contributed by atoms with Crippen molar-refractivity contribution in [2.24, 2.45) is 5.41 Å². The fourth-order valence-corrected chi connectivity index (χ4v) is 5.71. The molecule has 3 aromatic rings. The summed E-state index contributed by atoms with van der Waals surface area (Å²) in [6, 6.07) is 17.8. The Kier molecular flexibility index (Phi) is 11.3. The van der Waals surface area contributed by atoms with Crippen molar-refractivity contribution in [3.8, 4) is 17.2 Å². The second-order valence-corrected chi connectivity index (χ2v) is 12.6. The molecule has 3 aromatic carbocycles. The molecule has 0 aromatic heterocycles. The lowest BCUT2D eigenvalue weighted by molar-refractivity contribution is -0.150. The molecule has 1 heterocycles. The summed E-state index contributed by atoms with van der Waals surface area (Å²) in [5.41, 5.74) is 0.581. The van der Waals surface area contributed by atoms with Gasteiger partial charge in [-0.25, -0.2) is 13.2 Å². The number of ether oxygens (including phenoxy) is 5. The monoisotopic (exact) mass is 610 g/mol. The van der Waals surface area contributed by atoms with E-state index in [0.717, 1.165) is 58.5 Å². The summed E-state index contributed by atoms with van der Waals surface area (Å²) in [6.07, 6.45) is 5.19. The molecule has 0 atom stereocenters. The van der Waals surface area contributed by atoms with Gasteiger partial charge in [0, 0.05) is 18.9 Å². The molecule has 1 saturated heterocycles. The second kappa shape index (κ2) is 15.1. The van der Waals surface area contributed by atoms with E-state index in [4.69, 9.17) is 23.7 Å². The molecule has 1 aliphatic heterocycles. The molecule has 9 nitrogen and oxygen atoms in total. The van der Waals surface area contributed by atoms with Crippen molar-refractivity contribution < 1.29 is 41.7 Å². The number of unbranched alkanes of at least 4 members (excludes halogenated alkanes) is 3. The Hall–Kier alpha value is -3.73. The van der Waals surface area contributed by atoms with E-state index in [-0.39, 0.29) is 26.7 Å². The lowest BCUT2D eigenvalue weighted by atomic mass is 9.84. The van der Waals surface area contributed by atoms with Crippen molar-refractivity contribution >= 4 is 21.8 Å². The van der Waals surface area contributed by atoms with Gasteiger partial charge in [0.05, 0.1) is 41.8 Å². The van der Waals surface area contributed by atoms with Gasteiger partial charge >= 0.3 is 11.9 Å². The first-order valence-electron chi connectivity index (χ1n) is 14.4. The van der Waals surface area contributed by atoms with E-state index in [0.29, 0.717) is 17.9 Å². The summed E-state index contributed by atoms with van der Waals surface area (Å²) in [5, 5.41) is 0. The van der Waals surface area contributed by atoms with Crippen LogP contribution in [0, 0.1) is 5.41 Å². The van der Waals surface area contributed by atoms with Gasteiger partial charge in [-0.3, -0.25) is 4.79 Å². The van der Waals surface area contributed by atoms with E-state index < -0.39 is 21.8 Å². The summed E-state index contributed by atoms with van der Waals surface area (Å²) in [6.45, 7) is 7.22. The number of sulfone groups is 1. The highest BCUT2D eigenvalue weighted by atomic mass is 32.2. The van der Waals surface area contributed by atoms with Gasteiger partial charge in [0.15, 0.2) is 0 Å². The molecule has 0 unspecified atom stereocenters. The molecule has 0 amide bonds. The number of hydrogen-bond donors (Lipinski definition) is 0. The predicted octanol–water partition coefficient (Wildman–Crippen LogP) is 6.05. The highest BCUT2D eigenvalue weighted by Gasteiger charge is 2.36. The first-order valence-corrected chi connectivity index (χ1v) is 15.9. The fourth-order valence-electron chi connectivity index (χ4n) is 4.45. The number of carbonyl (C=O) groups is 2. The lowest BCUT2D eigenvalue weighted by Crippen LogP contribution is -2.45. The predicted molar refractivity (Wildman–Crippen MR) is 159 cm³/mol. The molecule has 230 valence electrons. The molecule has 43 heavy (non-hydrogen) atoms. The molecular weight excluding hydrogens is 572 g/mol. The van der Waals surface area contributed by atoms with Crippen LogP contribution in [0.1, 0.15) is 56.3 Å². The molecule has 0 aliphatic carbocycles. The van der Waals surface area contributed by atoms with Gasteiger partial charge in [0.2, 0.25) is 9.84 Å². The minimum atomic E-state index is -3.81. The fraction of sp³-hybridized carbons (Fsp3) is 0.394. The average molecular weight is 611 g/mol. The maximum absolute atomic E-state index is 12.9. The normalized spacial score (nSPS) is 14.0. The summed E-state index contributed by atoms with van der Waals surface area (Å²) in [5.74, 6) is 0.0653. The van der Waals surface area contributed by atoms with E-state index in [9.17, 15) is 18.0 Å². The summed E-state index contributed by atoms with van der Waals surface area (Å²) in [4.78, 5) is 23.7. The SMILES string of the molecule is CCC1(COCCCCCCOc2ccc(C(=O)Oc3ccc(S(=O)(=O)c4ccc(OC(C)=O)cc4)cc3)cc2)COC1. The van der Waals surface area contributed by atoms with Crippen LogP contribution in [0.3, 0.4) is 0 Å². The van der Waals surface area contributed by atoms with Crippen LogP contribution in [-0.4, -0.2) is 53.4 Å². The third-order valence-electron chi connectivity index (χ3n) is 7.26. The summed E-state index contributed by atoms with van der Waals surface area (Å²) in [7, 11) is -3.81. The van der Waals surface area contributed by atoms with Gasteiger partial charge in [0.1, 0.15) is 17.2 Å².